The molecule has 1 aliphatic heterocycles. The number of amides is 1. The molecule has 0 radical (unpaired) electrons. The smallest absolute Gasteiger partial charge is 0.265 e. The lowest BCUT2D eigenvalue weighted by atomic mass is 9.85. The van der Waals surface area contributed by atoms with E-state index in [2.05, 4.69) is 25.0 Å². The molecule has 0 unspecified atom stereocenters. The van der Waals surface area contributed by atoms with Crippen LogP contribution in [0.1, 0.15) is 73.8 Å². The lowest BCUT2D eigenvalue weighted by Crippen LogP contribution is -2.29. The van der Waals surface area contributed by atoms with E-state index in [0.29, 0.717) is 18.2 Å². The van der Waals surface area contributed by atoms with Gasteiger partial charge < -0.3 is 15.0 Å². The van der Waals surface area contributed by atoms with Gasteiger partial charge in [0.2, 0.25) is 0 Å². The molecule has 128 valence electrons. The van der Waals surface area contributed by atoms with Gasteiger partial charge in [0.1, 0.15) is 17.1 Å². The molecule has 0 aromatic carbocycles. The van der Waals surface area contributed by atoms with Crippen molar-refractivity contribution in [2.24, 2.45) is 5.73 Å². The van der Waals surface area contributed by atoms with Crippen molar-refractivity contribution in [3.8, 4) is 0 Å². The second kappa shape index (κ2) is 5.69. The highest BCUT2D eigenvalue weighted by Gasteiger charge is 2.45. The first kappa shape index (κ1) is 16.6. The molecule has 1 amide bonds. The molecule has 1 aromatic rings. The molecule has 1 saturated carbocycles. The third-order valence-electron chi connectivity index (χ3n) is 4.87. The van der Waals surface area contributed by atoms with Gasteiger partial charge in [-0.15, -0.1) is 0 Å². The van der Waals surface area contributed by atoms with Gasteiger partial charge in [0, 0.05) is 17.7 Å². The summed E-state index contributed by atoms with van der Waals surface area (Å²) >= 11 is 0. The Morgan fingerprint density at radius 3 is 2.58 bits per heavy atom. The molecule has 3 rings (SSSR count). The number of nitrogens with two attached hydrogens (primary N) is 1. The van der Waals surface area contributed by atoms with Crippen LogP contribution in [-0.2, 0) is 16.9 Å². The van der Waals surface area contributed by atoms with Gasteiger partial charge in [-0.25, -0.2) is 0 Å². The summed E-state index contributed by atoms with van der Waals surface area (Å²) in [6.07, 6.45) is 7.89. The Morgan fingerprint density at radius 1 is 1.46 bits per heavy atom. The summed E-state index contributed by atoms with van der Waals surface area (Å²) in [6, 6.07) is 0. The summed E-state index contributed by atoms with van der Waals surface area (Å²) in [7, 11) is 0. The van der Waals surface area contributed by atoms with E-state index in [-0.39, 0.29) is 5.91 Å². The van der Waals surface area contributed by atoms with Crippen LogP contribution in [-0.4, -0.2) is 10.5 Å². The highest BCUT2D eigenvalue weighted by atomic mass is 16.5. The Morgan fingerprint density at radius 2 is 2.12 bits per heavy atom. The Bertz CT molecular complexity index is 774. The Kier molecular flexibility index (Phi) is 3.94. The molecular weight excluding hydrogens is 300 g/mol. The number of aromatic nitrogens is 1. The molecule has 0 bridgehead atoms. The van der Waals surface area contributed by atoms with E-state index in [0.717, 1.165) is 41.0 Å². The van der Waals surface area contributed by atoms with Crippen LogP contribution < -0.4 is 5.73 Å². The zero-order valence-corrected chi connectivity index (χ0v) is 15.0. The highest BCUT2D eigenvalue weighted by Crippen LogP contribution is 2.53. The zero-order chi connectivity index (χ0) is 17.6. The van der Waals surface area contributed by atoms with Gasteiger partial charge in [-0.1, -0.05) is 12.7 Å². The summed E-state index contributed by atoms with van der Waals surface area (Å²) in [5.74, 6) is 0.871. The summed E-state index contributed by atoms with van der Waals surface area (Å²) in [5.41, 5.74) is 10.2. The van der Waals surface area contributed by atoms with Gasteiger partial charge >= 0.3 is 0 Å². The average Bonchev–Trinajstić information content (AvgIpc) is 3.29. The van der Waals surface area contributed by atoms with Crippen LogP contribution in [0.15, 0.2) is 30.6 Å². The minimum atomic E-state index is -0.502. The third-order valence-corrected chi connectivity index (χ3v) is 4.87. The van der Waals surface area contributed by atoms with Crippen LogP contribution >= 0.6 is 0 Å². The predicted molar refractivity (Wildman–Crippen MR) is 96.6 cm³/mol. The van der Waals surface area contributed by atoms with Gasteiger partial charge in [-0.3, -0.25) is 4.79 Å². The van der Waals surface area contributed by atoms with Crippen molar-refractivity contribution in [2.45, 2.75) is 58.6 Å². The molecule has 2 heterocycles. The SMILES string of the molecule is C=CC=C1/C(=C\C)OC(C)(C)c2c(C3CC3)c(C(N)=O)n(CC)c21. The molecule has 4 heteroatoms. The number of ether oxygens (including phenoxy) is 1. The molecule has 0 saturated heterocycles. The summed E-state index contributed by atoms with van der Waals surface area (Å²) in [4.78, 5) is 12.3. The second-order valence-corrected chi connectivity index (χ2v) is 6.95. The van der Waals surface area contributed by atoms with E-state index in [9.17, 15) is 4.79 Å². The minimum Gasteiger partial charge on any atom is -0.483 e. The Hall–Kier alpha value is -2.23. The molecule has 2 aliphatic rings. The maximum Gasteiger partial charge on any atom is 0.265 e. The number of carbonyl (C=O) groups is 1. The molecule has 0 atom stereocenters. The molecule has 4 nitrogen and oxygen atoms in total. The molecule has 24 heavy (non-hydrogen) atoms. The van der Waals surface area contributed by atoms with Crippen molar-refractivity contribution < 1.29 is 9.53 Å². The monoisotopic (exact) mass is 326 g/mol. The number of hydrogen-bond acceptors (Lipinski definition) is 2. The van der Waals surface area contributed by atoms with E-state index in [1.54, 1.807) is 6.08 Å². The quantitative estimate of drug-likeness (QED) is 0.900. The lowest BCUT2D eigenvalue weighted by Gasteiger charge is -2.36. The third kappa shape index (κ3) is 2.32. The minimum absolute atomic E-state index is 0.357. The van der Waals surface area contributed by atoms with Crippen LogP contribution in [0.2, 0.25) is 0 Å². The second-order valence-electron chi connectivity index (χ2n) is 6.95. The number of rotatable bonds is 4. The van der Waals surface area contributed by atoms with Crippen LogP contribution in [0, 0.1) is 0 Å². The van der Waals surface area contributed by atoms with E-state index in [1.807, 2.05) is 26.0 Å². The van der Waals surface area contributed by atoms with E-state index in [1.165, 1.54) is 0 Å². The van der Waals surface area contributed by atoms with Crippen molar-refractivity contribution in [2.75, 3.05) is 0 Å². The maximum atomic E-state index is 12.3. The number of carbonyl (C=O) groups excluding carboxylic acids is 1. The first-order valence-corrected chi connectivity index (χ1v) is 8.62. The Labute approximate surface area is 143 Å². The van der Waals surface area contributed by atoms with Gasteiger partial charge in [-0.05, 0) is 64.2 Å². The van der Waals surface area contributed by atoms with Crippen molar-refractivity contribution in [1.29, 1.82) is 0 Å². The molecule has 1 aromatic heterocycles. The Balaban J connectivity index is 2.45. The maximum absolute atomic E-state index is 12.3. The number of nitrogens with zero attached hydrogens (tertiary/aromatic N) is 1. The van der Waals surface area contributed by atoms with E-state index in [4.69, 9.17) is 10.5 Å². The molecule has 1 aliphatic carbocycles. The number of fused-ring (bicyclic) bond motifs is 1. The first-order valence-electron chi connectivity index (χ1n) is 8.62. The summed E-state index contributed by atoms with van der Waals surface area (Å²) < 4.78 is 8.37. The number of primary amides is 1. The van der Waals surface area contributed by atoms with Crippen LogP contribution in [0.25, 0.3) is 5.57 Å². The molecule has 0 spiro atoms. The fourth-order valence-corrected chi connectivity index (χ4v) is 3.87. The molecular formula is C20H26N2O2. The number of allylic oxidation sites excluding steroid dienone is 4. The zero-order valence-electron chi connectivity index (χ0n) is 15.0. The largest absolute Gasteiger partial charge is 0.483 e. The van der Waals surface area contributed by atoms with Crippen LogP contribution in [0.3, 0.4) is 0 Å². The van der Waals surface area contributed by atoms with E-state index >= 15 is 0 Å². The fourth-order valence-electron chi connectivity index (χ4n) is 3.87. The van der Waals surface area contributed by atoms with Crippen molar-refractivity contribution in [3.63, 3.8) is 0 Å². The van der Waals surface area contributed by atoms with Crippen LogP contribution in [0.5, 0.6) is 0 Å². The predicted octanol–water partition coefficient (Wildman–Crippen LogP) is 4.22. The van der Waals surface area contributed by atoms with Gasteiger partial charge in [-0.2, -0.15) is 0 Å². The summed E-state index contributed by atoms with van der Waals surface area (Å²) in [5, 5.41) is 0. The van der Waals surface area contributed by atoms with Crippen molar-refractivity contribution >= 4 is 11.5 Å². The van der Waals surface area contributed by atoms with Gasteiger partial charge in [0.25, 0.3) is 5.91 Å². The lowest BCUT2D eigenvalue weighted by molar-refractivity contribution is 0.0341. The standard InChI is InChI=1S/C20H26N2O2/c1-6-9-13-14(7-2)24-20(4,5)16-15(12-10-11-12)18(19(21)23)22(8-3)17(13)16/h6-7,9,12H,1,8,10-11H2,2-5H3,(H2,21,23)/b13-9?,14-7+. The average molecular weight is 326 g/mol. The van der Waals surface area contributed by atoms with Crippen molar-refractivity contribution in [1.82, 2.24) is 4.57 Å². The first-order chi connectivity index (χ1) is 11.4. The normalized spacial score (nSPS) is 22.3. The fraction of sp³-hybridized carbons (Fsp3) is 0.450. The molecule has 1 fully saturated rings. The van der Waals surface area contributed by atoms with Crippen LogP contribution in [0.4, 0.5) is 0 Å². The van der Waals surface area contributed by atoms with Gasteiger partial charge in [0.15, 0.2) is 0 Å². The van der Waals surface area contributed by atoms with E-state index < -0.39 is 5.60 Å². The van der Waals surface area contributed by atoms with Crippen molar-refractivity contribution in [3.05, 3.63) is 53.1 Å². The topological polar surface area (TPSA) is 57.2 Å². The highest BCUT2D eigenvalue weighted by molar-refractivity contribution is 5.96. The number of hydrogen-bond donors (Lipinski definition) is 1. The molecule has 2 N–H and O–H groups in total. The summed E-state index contributed by atoms with van der Waals surface area (Å²) in [6.45, 7) is 12.7. The van der Waals surface area contributed by atoms with Gasteiger partial charge in [0.05, 0.1) is 5.69 Å².